The van der Waals surface area contributed by atoms with Crippen molar-refractivity contribution in [2.45, 2.75) is 18.5 Å². The largest absolute Gasteiger partial charge is 0.416 e. The topological polar surface area (TPSA) is 0 Å². The van der Waals surface area contributed by atoms with Crippen molar-refractivity contribution in [3.8, 4) is 33.4 Å². The van der Waals surface area contributed by atoms with Crippen molar-refractivity contribution in [1.82, 2.24) is 0 Å². The van der Waals surface area contributed by atoms with Crippen LogP contribution in [0.4, 0.5) is 39.5 Å². The van der Waals surface area contributed by atoms with Gasteiger partial charge in [0.05, 0.1) is 16.7 Å². The minimum absolute atomic E-state index is 0.631. The van der Waals surface area contributed by atoms with E-state index >= 15 is 0 Å². The molecule has 0 heterocycles. The van der Waals surface area contributed by atoms with Gasteiger partial charge in [-0.25, -0.2) is 0 Å². The lowest BCUT2D eigenvalue weighted by Gasteiger charge is -2.12. The average molecular weight is 817 g/mol. The van der Waals surface area contributed by atoms with Crippen molar-refractivity contribution in [3.63, 3.8) is 0 Å². The molecule has 60 heavy (non-hydrogen) atoms. The fourth-order valence-electron chi connectivity index (χ4n) is 6.41. The summed E-state index contributed by atoms with van der Waals surface area (Å²) < 4.78 is 117. The Morgan fingerprint density at radius 1 is 0.217 bits per heavy atom. The first kappa shape index (κ1) is 41.3. The Morgan fingerprint density at radius 2 is 0.383 bits per heavy atom. The predicted octanol–water partition coefficient (Wildman–Crippen LogP) is 16.3. The van der Waals surface area contributed by atoms with E-state index in [1.807, 2.05) is 91.0 Å². The number of benzene rings is 7. The van der Waals surface area contributed by atoms with Gasteiger partial charge >= 0.3 is 18.5 Å². The monoisotopic (exact) mass is 816 g/mol. The van der Waals surface area contributed by atoms with E-state index in [9.17, 15) is 39.5 Å². The second-order valence-electron chi connectivity index (χ2n) is 14.0. The van der Waals surface area contributed by atoms with Crippen molar-refractivity contribution >= 4 is 36.5 Å². The van der Waals surface area contributed by atoms with Crippen LogP contribution in [0.15, 0.2) is 164 Å². The first-order valence-corrected chi connectivity index (χ1v) is 18.6. The van der Waals surface area contributed by atoms with Crippen LogP contribution in [-0.2, 0) is 18.5 Å². The lowest BCUT2D eigenvalue weighted by molar-refractivity contribution is -0.138. The molecule has 0 radical (unpaired) electrons. The Morgan fingerprint density at radius 3 is 0.550 bits per heavy atom. The van der Waals surface area contributed by atoms with Gasteiger partial charge in [0.15, 0.2) is 0 Å². The van der Waals surface area contributed by atoms with E-state index in [0.29, 0.717) is 16.7 Å². The standard InChI is InChI=1S/C51H33F9/c52-49(53,54)46-25-13-37(14-26-46)4-1-34-7-19-40(20-8-34)43-31-44(41-21-9-35(10-22-41)2-5-38-15-27-47(28-16-38)50(55,56)57)33-45(32-43)42-23-11-36(12-24-42)3-6-39-17-29-48(30-18-39)51(58,59)60/h1-33H/b4-1+,5-2+,6-3+. The fraction of sp³-hybridized carbons (Fsp3) is 0.0588. The van der Waals surface area contributed by atoms with Crippen LogP contribution >= 0.6 is 0 Å². The van der Waals surface area contributed by atoms with Gasteiger partial charge in [0.2, 0.25) is 0 Å². The van der Waals surface area contributed by atoms with Crippen molar-refractivity contribution in [2.24, 2.45) is 0 Å². The minimum Gasteiger partial charge on any atom is -0.166 e. The molecule has 0 aromatic heterocycles. The molecule has 7 aromatic carbocycles. The van der Waals surface area contributed by atoms with Crippen LogP contribution in [0.1, 0.15) is 50.1 Å². The Hall–Kier alpha value is -6.87. The van der Waals surface area contributed by atoms with Gasteiger partial charge in [0.1, 0.15) is 0 Å². The van der Waals surface area contributed by atoms with Gasteiger partial charge in [-0.2, -0.15) is 39.5 Å². The molecular weight excluding hydrogens is 784 g/mol. The number of hydrogen-bond donors (Lipinski definition) is 0. The zero-order chi connectivity index (χ0) is 42.5. The van der Waals surface area contributed by atoms with Crippen LogP contribution in [0.5, 0.6) is 0 Å². The second kappa shape index (κ2) is 17.2. The van der Waals surface area contributed by atoms with E-state index in [1.54, 1.807) is 18.2 Å². The molecule has 0 saturated carbocycles. The fourth-order valence-corrected chi connectivity index (χ4v) is 6.41. The van der Waals surface area contributed by atoms with Gasteiger partial charge in [-0.15, -0.1) is 0 Å². The van der Waals surface area contributed by atoms with Crippen LogP contribution in [0.2, 0.25) is 0 Å². The van der Waals surface area contributed by atoms with Crippen LogP contribution < -0.4 is 0 Å². The SMILES string of the molecule is FC(F)(F)c1ccc(/C=C/c2ccc(-c3cc(-c4ccc(/C=C/c5ccc(C(F)(F)F)cc5)cc4)cc(-c4ccc(/C=C/c5ccc(C(F)(F)F)cc5)cc4)c3)cc2)cc1. The zero-order valence-electron chi connectivity index (χ0n) is 31.5. The van der Waals surface area contributed by atoms with E-state index in [4.69, 9.17) is 0 Å². The molecule has 0 aliphatic carbocycles. The van der Waals surface area contributed by atoms with Gasteiger partial charge < -0.3 is 0 Å². The number of rotatable bonds is 9. The third kappa shape index (κ3) is 10.6. The molecule has 0 saturated heterocycles. The molecule has 9 heteroatoms. The van der Waals surface area contributed by atoms with E-state index < -0.39 is 35.2 Å². The lowest BCUT2D eigenvalue weighted by Crippen LogP contribution is -2.03. The molecule has 0 spiro atoms. The van der Waals surface area contributed by atoms with Gasteiger partial charge in [-0.3, -0.25) is 0 Å². The lowest BCUT2D eigenvalue weighted by atomic mass is 9.92. The molecule has 0 nitrogen and oxygen atoms in total. The third-order valence-electron chi connectivity index (χ3n) is 9.78. The average Bonchev–Trinajstić information content (AvgIpc) is 3.24. The zero-order valence-corrected chi connectivity index (χ0v) is 31.5. The van der Waals surface area contributed by atoms with Gasteiger partial charge in [0, 0.05) is 0 Å². The van der Waals surface area contributed by atoms with Crippen LogP contribution in [0.3, 0.4) is 0 Å². The number of alkyl halides is 9. The van der Waals surface area contributed by atoms with E-state index in [-0.39, 0.29) is 0 Å². The Labute approximate surface area is 340 Å². The highest BCUT2D eigenvalue weighted by molar-refractivity contribution is 5.83. The van der Waals surface area contributed by atoms with E-state index in [1.165, 1.54) is 36.4 Å². The van der Waals surface area contributed by atoms with E-state index in [0.717, 1.165) is 86.5 Å². The summed E-state index contributed by atoms with van der Waals surface area (Å²) in [6, 6.07) is 44.5. The molecule has 0 bridgehead atoms. The molecule has 0 aliphatic rings. The molecule has 0 unspecified atom stereocenters. The number of halogens is 9. The van der Waals surface area contributed by atoms with Crippen molar-refractivity contribution < 1.29 is 39.5 Å². The maximum atomic E-state index is 13.0. The highest BCUT2D eigenvalue weighted by Crippen LogP contribution is 2.35. The molecule has 0 N–H and O–H groups in total. The molecular formula is C51H33F9. The molecule has 0 atom stereocenters. The maximum Gasteiger partial charge on any atom is 0.416 e. The minimum atomic E-state index is -4.40. The summed E-state index contributed by atoms with van der Waals surface area (Å²) in [5, 5.41) is 0. The quantitative estimate of drug-likeness (QED) is 0.101. The summed E-state index contributed by atoms with van der Waals surface area (Å²) in [4.78, 5) is 0. The summed E-state index contributed by atoms with van der Waals surface area (Å²) in [5.41, 5.74) is 7.91. The smallest absolute Gasteiger partial charge is 0.166 e. The normalized spacial score (nSPS) is 12.6. The van der Waals surface area contributed by atoms with Gasteiger partial charge in [-0.05, 0) is 121 Å². The Kier molecular flexibility index (Phi) is 11.8. The Balaban J connectivity index is 1.15. The van der Waals surface area contributed by atoms with Crippen molar-refractivity contribution in [2.75, 3.05) is 0 Å². The van der Waals surface area contributed by atoms with Crippen LogP contribution in [0, 0.1) is 0 Å². The summed E-state index contributed by atoms with van der Waals surface area (Å²) in [6.45, 7) is 0. The highest BCUT2D eigenvalue weighted by Gasteiger charge is 2.31. The van der Waals surface area contributed by atoms with E-state index in [2.05, 4.69) is 18.2 Å². The molecule has 0 fully saturated rings. The maximum absolute atomic E-state index is 13.0. The molecule has 0 amide bonds. The first-order valence-electron chi connectivity index (χ1n) is 18.6. The molecule has 7 rings (SSSR count). The summed E-state index contributed by atoms with van der Waals surface area (Å²) in [5.74, 6) is 0. The summed E-state index contributed by atoms with van der Waals surface area (Å²) >= 11 is 0. The van der Waals surface area contributed by atoms with Gasteiger partial charge in [0.25, 0.3) is 0 Å². The summed E-state index contributed by atoms with van der Waals surface area (Å²) in [6.07, 6.45) is -2.48. The predicted molar refractivity (Wildman–Crippen MR) is 224 cm³/mol. The summed E-state index contributed by atoms with van der Waals surface area (Å²) in [7, 11) is 0. The van der Waals surface area contributed by atoms with Crippen LogP contribution in [0.25, 0.3) is 69.8 Å². The Bertz CT molecular complexity index is 2310. The van der Waals surface area contributed by atoms with Crippen molar-refractivity contribution in [3.05, 3.63) is 214 Å². The third-order valence-corrected chi connectivity index (χ3v) is 9.78. The molecule has 0 aliphatic heterocycles. The van der Waals surface area contributed by atoms with Crippen LogP contribution in [-0.4, -0.2) is 0 Å². The first-order chi connectivity index (χ1) is 28.6. The molecule has 7 aromatic rings. The molecule has 300 valence electrons. The van der Waals surface area contributed by atoms with Gasteiger partial charge in [-0.1, -0.05) is 146 Å². The van der Waals surface area contributed by atoms with Crippen molar-refractivity contribution in [1.29, 1.82) is 0 Å². The second-order valence-corrected chi connectivity index (χ2v) is 14.0. The highest BCUT2D eigenvalue weighted by atomic mass is 19.4. The number of hydrogen-bond acceptors (Lipinski definition) is 0.